The molecule has 2 aromatic rings. The quantitative estimate of drug-likeness (QED) is 0.676. The lowest BCUT2D eigenvalue weighted by molar-refractivity contribution is 0.798. The van der Waals surface area contributed by atoms with Gasteiger partial charge in [-0.3, -0.25) is 0 Å². The summed E-state index contributed by atoms with van der Waals surface area (Å²) >= 11 is 11.9. The van der Waals surface area contributed by atoms with Crippen LogP contribution >= 0.6 is 23.2 Å². The molecule has 68 valence electrons. The molecule has 13 heavy (non-hydrogen) atoms. The Hall–Kier alpha value is -0.660. The van der Waals surface area contributed by atoms with Gasteiger partial charge in [-0.05, 0) is 25.1 Å². The zero-order valence-corrected chi connectivity index (χ0v) is 8.73. The predicted molar refractivity (Wildman–Crippen MR) is 57.6 cm³/mol. The van der Waals surface area contributed by atoms with E-state index in [-0.39, 0.29) is 0 Å². The van der Waals surface area contributed by atoms with Gasteiger partial charge in [-0.2, -0.15) is 0 Å². The van der Waals surface area contributed by atoms with E-state index in [1.807, 2.05) is 18.3 Å². The molecule has 0 aliphatic rings. The van der Waals surface area contributed by atoms with Crippen LogP contribution in [0.4, 0.5) is 0 Å². The molecule has 1 aromatic heterocycles. The topological polar surface area (TPSA) is 4.93 Å². The van der Waals surface area contributed by atoms with Gasteiger partial charge in [-0.15, -0.1) is 0 Å². The van der Waals surface area contributed by atoms with Crippen molar-refractivity contribution in [2.75, 3.05) is 0 Å². The van der Waals surface area contributed by atoms with E-state index >= 15 is 0 Å². The summed E-state index contributed by atoms with van der Waals surface area (Å²) in [4.78, 5) is 0. The lowest BCUT2D eigenvalue weighted by atomic mass is 10.2. The van der Waals surface area contributed by atoms with E-state index < -0.39 is 0 Å². The van der Waals surface area contributed by atoms with Crippen LogP contribution in [0.5, 0.6) is 0 Å². The second-order valence-electron chi connectivity index (χ2n) is 2.92. The standard InChI is InChI=1S/C10H9Cl2N/c1-2-13-4-3-8-9(12)5-7(11)6-10(8)13/h3-6H,2H2,1H3. The van der Waals surface area contributed by atoms with Crippen LogP contribution in [0.3, 0.4) is 0 Å². The zero-order valence-electron chi connectivity index (χ0n) is 7.22. The summed E-state index contributed by atoms with van der Waals surface area (Å²) in [5.74, 6) is 0. The van der Waals surface area contributed by atoms with Gasteiger partial charge in [0.15, 0.2) is 0 Å². The van der Waals surface area contributed by atoms with Gasteiger partial charge in [0, 0.05) is 23.2 Å². The fourth-order valence-corrected chi connectivity index (χ4v) is 2.04. The highest BCUT2D eigenvalue weighted by molar-refractivity contribution is 6.38. The van der Waals surface area contributed by atoms with Crippen LogP contribution in [-0.4, -0.2) is 4.57 Å². The first-order chi connectivity index (χ1) is 6.22. The summed E-state index contributed by atoms with van der Waals surface area (Å²) in [5.41, 5.74) is 1.10. The molecule has 3 heteroatoms. The van der Waals surface area contributed by atoms with Gasteiger partial charge in [0.2, 0.25) is 0 Å². The van der Waals surface area contributed by atoms with Crippen LogP contribution in [0.1, 0.15) is 6.92 Å². The molecule has 0 saturated heterocycles. The average molecular weight is 214 g/mol. The first-order valence-corrected chi connectivity index (χ1v) is 4.92. The molecule has 0 spiro atoms. The van der Waals surface area contributed by atoms with Crippen molar-refractivity contribution in [3.63, 3.8) is 0 Å². The summed E-state index contributed by atoms with van der Waals surface area (Å²) in [6, 6.07) is 5.72. The maximum atomic E-state index is 6.03. The minimum absolute atomic E-state index is 0.686. The fourth-order valence-electron chi connectivity index (χ4n) is 1.49. The van der Waals surface area contributed by atoms with Crippen molar-refractivity contribution in [2.45, 2.75) is 13.5 Å². The molecule has 1 aromatic carbocycles. The maximum absolute atomic E-state index is 6.03. The minimum atomic E-state index is 0.686. The SMILES string of the molecule is CCn1ccc2c(Cl)cc(Cl)cc21. The summed E-state index contributed by atoms with van der Waals surface area (Å²) in [6.07, 6.45) is 2.02. The van der Waals surface area contributed by atoms with E-state index in [9.17, 15) is 0 Å². The monoisotopic (exact) mass is 213 g/mol. The number of aromatic nitrogens is 1. The number of hydrogen-bond donors (Lipinski definition) is 0. The van der Waals surface area contributed by atoms with E-state index in [2.05, 4.69) is 11.5 Å². The molecule has 0 amide bonds. The highest BCUT2D eigenvalue weighted by Crippen LogP contribution is 2.28. The second kappa shape index (κ2) is 3.24. The predicted octanol–water partition coefficient (Wildman–Crippen LogP) is 3.97. The third-order valence-electron chi connectivity index (χ3n) is 2.14. The molecule has 0 fully saturated rings. The first-order valence-electron chi connectivity index (χ1n) is 4.16. The van der Waals surface area contributed by atoms with Crippen LogP contribution in [0.25, 0.3) is 10.9 Å². The number of halogens is 2. The third-order valence-corrected chi connectivity index (χ3v) is 2.67. The van der Waals surface area contributed by atoms with Crippen LogP contribution in [-0.2, 0) is 6.54 Å². The molecule has 0 unspecified atom stereocenters. The van der Waals surface area contributed by atoms with Crippen molar-refractivity contribution in [1.29, 1.82) is 0 Å². The van der Waals surface area contributed by atoms with Gasteiger partial charge in [0.05, 0.1) is 10.5 Å². The molecule has 0 saturated carbocycles. The Labute approximate surface area is 86.9 Å². The largest absolute Gasteiger partial charge is 0.348 e. The smallest absolute Gasteiger partial charge is 0.0514 e. The summed E-state index contributed by atoms with van der Waals surface area (Å²) in [5, 5.41) is 2.47. The van der Waals surface area contributed by atoms with Crippen LogP contribution in [0.15, 0.2) is 24.4 Å². The van der Waals surface area contributed by atoms with Crippen molar-refractivity contribution < 1.29 is 0 Å². The minimum Gasteiger partial charge on any atom is -0.348 e. The Bertz CT molecular complexity index is 445. The van der Waals surface area contributed by atoms with Crippen molar-refractivity contribution in [2.24, 2.45) is 0 Å². The molecular weight excluding hydrogens is 205 g/mol. The highest BCUT2D eigenvalue weighted by atomic mass is 35.5. The molecule has 0 bridgehead atoms. The maximum Gasteiger partial charge on any atom is 0.0514 e. The number of rotatable bonds is 1. The van der Waals surface area contributed by atoms with E-state index in [0.29, 0.717) is 5.02 Å². The van der Waals surface area contributed by atoms with E-state index in [1.54, 1.807) is 6.07 Å². The summed E-state index contributed by atoms with van der Waals surface area (Å²) in [7, 11) is 0. The highest BCUT2D eigenvalue weighted by Gasteiger charge is 2.04. The molecule has 1 nitrogen and oxygen atoms in total. The molecule has 1 heterocycles. The number of hydrogen-bond acceptors (Lipinski definition) is 0. The molecule has 0 atom stereocenters. The molecular formula is C10H9Cl2N. The summed E-state index contributed by atoms with van der Waals surface area (Å²) in [6.45, 7) is 3.02. The van der Waals surface area contributed by atoms with Gasteiger partial charge >= 0.3 is 0 Å². The number of aryl methyl sites for hydroxylation is 1. The molecule has 0 aliphatic heterocycles. The number of benzene rings is 1. The fraction of sp³-hybridized carbons (Fsp3) is 0.200. The van der Waals surface area contributed by atoms with Crippen LogP contribution in [0.2, 0.25) is 10.0 Å². The molecule has 2 rings (SSSR count). The lowest BCUT2D eigenvalue weighted by Gasteiger charge is -2.01. The Balaban J connectivity index is 2.82. The van der Waals surface area contributed by atoms with Crippen molar-refractivity contribution in [3.05, 3.63) is 34.4 Å². The van der Waals surface area contributed by atoms with Crippen molar-refractivity contribution in [1.82, 2.24) is 4.57 Å². The molecule has 0 radical (unpaired) electrons. The molecule has 0 N–H and O–H groups in total. The second-order valence-corrected chi connectivity index (χ2v) is 3.77. The summed E-state index contributed by atoms with van der Waals surface area (Å²) < 4.78 is 2.12. The zero-order chi connectivity index (χ0) is 9.42. The van der Waals surface area contributed by atoms with Crippen molar-refractivity contribution in [3.8, 4) is 0 Å². The number of fused-ring (bicyclic) bond motifs is 1. The van der Waals surface area contributed by atoms with Crippen LogP contribution in [0, 0.1) is 0 Å². The van der Waals surface area contributed by atoms with Crippen LogP contribution < -0.4 is 0 Å². The third kappa shape index (κ3) is 1.43. The Morgan fingerprint density at radius 2 is 2.08 bits per heavy atom. The Kier molecular flexibility index (Phi) is 2.22. The Morgan fingerprint density at radius 1 is 1.31 bits per heavy atom. The first kappa shape index (κ1) is 8.92. The lowest BCUT2D eigenvalue weighted by Crippen LogP contribution is -1.90. The van der Waals surface area contributed by atoms with E-state index in [1.165, 1.54) is 0 Å². The molecule has 0 aliphatic carbocycles. The van der Waals surface area contributed by atoms with Gasteiger partial charge in [-0.1, -0.05) is 23.2 Å². The van der Waals surface area contributed by atoms with Gasteiger partial charge < -0.3 is 4.57 Å². The number of nitrogens with zero attached hydrogens (tertiary/aromatic N) is 1. The average Bonchev–Trinajstić information content (AvgIpc) is 2.47. The van der Waals surface area contributed by atoms with Crippen molar-refractivity contribution >= 4 is 34.1 Å². The van der Waals surface area contributed by atoms with E-state index in [0.717, 1.165) is 22.5 Å². The van der Waals surface area contributed by atoms with E-state index in [4.69, 9.17) is 23.2 Å². The van der Waals surface area contributed by atoms with Gasteiger partial charge in [-0.25, -0.2) is 0 Å². The van der Waals surface area contributed by atoms with Gasteiger partial charge in [0.1, 0.15) is 0 Å². The normalized spacial score (nSPS) is 11.0. The van der Waals surface area contributed by atoms with Gasteiger partial charge in [0.25, 0.3) is 0 Å². The Morgan fingerprint density at radius 3 is 2.77 bits per heavy atom.